The van der Waals surface area contributed by atoms with E-state index in [2.05, 4.69) is 18.8 Å². The fourth-order valence-corrected chi connectivity index (χ4v) is 4.03. The highest BCUT2D eigenvalue weighted by Crippen LogP contribution is 2.37. The molecule has 32 heavy (non-hydrogen) atoms. The van der Waals surface area contributed by atoms with E-state index in [4.69, 9.17) is 25.8 Å². The number of benzene rings is 2. The third kappa shape index (κ3) is 6.14. The summed E-state index contributed by atoms with van der Waals surface area (Å²) in [6, 6.07) is 12.4. The number of methoxy groups -OCH3 is 2. The standard InChI is InChI=1S/C24H27ClN2O4S/c1-16(2)12-27(24(28)17-8-10-18(25)11-9-17)13-19-15-32-22(26-19)14-31-23-20(29-3)6-5-7-21(23)30-4/h5-11,15-16H,12-14H2,1-4H3. The van der Waals surface area contributed by atoms with Crippen LogP contribution in [-0.2, 0) is 13.2 Å². The molecule has 3 aromatic rings. The molecule has 0 bridgehead atoms. The normalized spacial score (nSPS) is 10.8. The topological polar surface area (TPSA) is 60.9 Å². The van der Waals surface area contributed by atoms with Gasteiger partial charge in [0.15, 0.2) is 11.5 Å². The van der Waals surface area contributed by atoms with Crippen molar-refractivity contribution >= 4 is 28.8 Å². The van der Waals surface area contributed by atoms with Crippen molar-refractivity contribution in [1.29, 1.82) is 0 Å². The Hall–Kier alpha value is -2.77. The average molecular weight is 475 g/mol. The summed E-state index contributed by atoms with van der Waals surface area (Å²) in [6.07, 6.45) is 0. The lowest BCUT2D eigenvalue weighted by molar-refractivity contribution is 0.0720. The van der Waals surface area contributed by atoms with E-state index in [9.17, 15) is 4.79 Å². The molecule has 0 aliphatic rings. The van der Waals surface area contributed by atoms with E-state index in [1.165, 1.54) is 11.3 Å². The molecule has 2 aromatic carbocycles. The number of hydrogen-bond acceptors (Lipinski definition) is 6. The van der Waals surface area contributed by atoms with Gasteiger partial charge in [-0.25, -0.2) is 4.98 Å². The fraction of sp³-hybridized carbons (Fsp3) is 0.333. The second-order valence-corrected chi connectivity index (χ2v) is 8.98. The molecular weight excluding hydrogens is 448 g/mol. The Kier molecular flexibility index (Phi) is 8.36. The summed E-state index contributed by atoms with van der Waals surface area (Å²) in [7, 11) is 3.17. The summed E-state index contributed by atoms with van der Waals surface area (Å²) in [5, 5.41) is 3.37. The Morgan fingerprint density at radius 2 is 1.75 bits per heavy atom. The number of thiazole rings is 1. The van der Waals surface area contributed by atoms with Gasteiger partial charge in [0.2, 0.25) is 5.75 Å². The Bertz CT molecular complexity index is 1010. The molecule has 0 aliphatic carbocycles. The molecule has 170 valence electrons. The van der Waals surface area contributed by atoms with Crippen LogP contribution in [0.4, 0.5) is 0 Å². The van der Waals surface area contributed by atoms with Gasteiger partial charge in [-0.2, -0.15) is 0 Å². The van der Waals surface area contributed by atoms with Gasteiger partial charge in [0, 0.05) is 22.5 Å². The number of aromatic nitrogens is 1. The molecule has 3 rings (SSSR count). The van der Waals surface area contributed by atoms with Gasteiger partial charge in [0.25, 0.3) is 5.91 Å². The molecular formula is C24H27ClN2O4S. The minimum Gasteiger partial charge on any atom is -0.493 e. The summed E-state index contributed by atoms with van der Waals surface area (Å²) in [5.41, 5.74) is 1.43. The highest BCUT2D eigenvalue weighted by atomic mass is 35.5. The Labute approximate surface area is 197 Å². The van der Waals surface area contributed by atoms with E-state index < -0.39 is 0 Å². The van der Waals surface area contributed by atoms with Crippen molar-refractivity contribution in [3.05, 3.63) is 69.1 Å². The van der Waals surface area contributed by atoms with Crippen LogP contribution in [0.3, 0.4) is 0 Å². The highest BCUT2D eigenvalue weighted by Gasteiger charge is 2.19. The number of ether oxygens (including phenoxy) is 3. The summed E-state index contributed by atoms with van der Waals surface area (Å²) < 4.78 is 16.7. The molecule has 0 atom stereocenters. The summed E-state index contributed by atoms with van der Waals surface area (Å²) in [5.74, 6) is 2.01. The van der Waals surface area contributed by atoms with Crippen molar-refractivity contribution in [1.82, 2.24) is 9.88 Å². The smallest absolute Gasteiger partial charge is 0.254 e. The highest BCUT2D eigenvalue weighted by molar-refractivity contribution is 7.09. The number of nitrogens with zero attached hydrogens (tertiary/aromatic N) is 2. The van der Waals surface area contributed by atoms with E-state index in [1.54, 1.807) is 38.5 Å². The quantitative estimate of drug-likeness (QED) is 0.377. The van der Waals surface area contributed by atoms with Crippen LogP contribution < -0.4 is 14.2 Å². The van der Waals surface area contributed by atoms with Crippen LogP contribution in [0.25, 0.3) is 0 Å². The first kappa shape index (κ1) is 23.9. The van der Waals surface area contributed by atoms with E-state index in [0.717, 1.165) is 10.7 Å². The maximum atomic E-state index is 13.1. The van der Waals surface area contributed by atoms with Gasteiger partial charge in [-0.3, -0.25) is 4.79 Å². The molecule has 0 N–H and O–H groups in total. The molecule has 8 heteroatoms. The predicted octanol–water partition coefficient (Wildman–Crippen LogP) is 5.69. The number of halogens is 1. The van der Waals surface area contributed by atoms with Crippen LogP contribution >= 0.6 is 22.9 Å². The van der Waals surface area contributed by atoms with Gasteiger partial charge in [-0.1, -0.05) is 31.5 Å². The van der Waals surface area contributed by atoms with E-state index >= 15 is 0 Å². The number of rotatable bonds is 10. The lowest BCUT2D eigenvalue weighted by atomic mass is 10.1. The van der Waals surface area contributed by atoms with Gasteiger partial charge in [0.1, 0.15) is 11.6 Å². The van der Waals surface area contributed by atoms with Gasteiger partial charge < -0.3 is 19.1 Å². The molecule has 0 aliphatic heterocycles. The number of carbonyl (C=O) groups excluding carboxylic acids is 1. The predicted molar refractivity (Wildman–Crippen MR) is 127 cm³/mol. The Morgan fingerprint density at radius 1 is 1.09 bits per heavy atom. The second-order valence-electron chi connectivity index (χ2n) is 7.60. The van der Waals surface area contributed by atoms with Gasteiger partial charge in [-0.05, 0) is 42.3 Å². The molecule has 0 fully saturated rings. The van der Waals surface area contributed by atoms with Crippen LogP contribution in [0.15, 0.2) is 47.8 Å². The maximum Gasteiger partial charge on any atom is 0.254 e. The zero-order valence-electron chi connectivity index (χ0n) is 18.6. The van der Waals surface area contributed by atoms with Crippen LogP contribution in [-0.4, -0.2) is 36.6 Å². The van der Waals surface area contributed by atoms with Crippen molar-refractivity contribution in [2.75, 3.05) is 20.8 Å². The molecule has 6 nitrogen and oxygen atoms in total. The molecule has 0 spiro atoms. The van der Waals surface area contributed by atoms with E-state index in [0.29, 0.717) is 46.8 Å². The summed E-state index contributed by atoms with van der Waals surface area (Å²) in [6.45, 7) is 5.50. The van der Waals surface area contributed by atoms with E-state index in [-0.39, 0.29) is 12.5 Å². The third-order valence-electron chi connectivity index (χ3n) is 4.64. The Morgan fingerprint density at radius 3 is 2.34 bits per heavy atom. The molecule has 1 heterocycles. The second kappa shape index (κ2) is 11.2. The molecule has 0 unspecified atom stereocenters. The molecule has 0 saturated heterocycles. The third-order valence-corrected chi connectivity index (χ3v) is 5.76. The van der Waals surface area contributed by atoms with Crippen molar-refractivity contribution in [2.24, 2.45) is 5.92 Å². The first-order valence-electron chi connectivity index (χ1n) is 10.2. The molecule has 1 aromatic heterocycles. The lowest BCUT2D eigenvalue weighted by Crippen LogP contribution is -2.33. The number of para-hydroxylation sites is 1. The van der Waals surface area contributed by atoms with Gasteiger partial charge >= 0.3 is 0 Å². The first-order valence-corrected chi connectivity index (χ1v) is 11.5. The van der Waals surface area contributed by atoms with Crippen molar-refractivity contribution in [2.45, 2.75) is 27.0 Å². The number of carbonyl (C=O) groups is 1. The molecule has 0 radical (unpaired) electrons. The summed E-state index contributed by atoms with van der Waals surface area (Å²) in [4.78, 5) is 19.5. The van der Waals surface area contributed by atoms with Crippen molar-refractivity contribution in [3.8, 4) is 17.2 Å². The van der Waals surface area contributed by atoms with Crippen LogP contribution in [0.2, 0.25) is 5.02 Å². The van der Waals surface area contributed by atoms with Crippen LogP contribution in [0, 0.1) is 5.92 Å². The zero-order chi connectivity index (χ0) is 23.1. The van der Waals surface area contributed by atoms with Gasteiger partial charge in [-0.15, -0.1) is 11.3 Å². The SMILES string of the molecule is COc1cccc(OC)c1OCc1nc(CN(CC(C)C)C(=O)c2ccc(Cl)cc2)cs1. The average Bonchev–Trinajstić information content (AvgIpc) is 3.24. The summed E-state index contributed by atoms with van der Waals surface area (Å²) >= 11 is 7.46. The monoisotopic (exact) mass is 474 g/mol. The minimum atomic E-state index is -0.0417. The van der Waals surface area contributed by atoms with Crippen molar-refractivity contribution in [3.63, 3.8) is 0 Å². The van der Waals surface area contributed by atoms with Gasteiger partial charge in [0.05, 0.1) is 26.5 Å². The Balaban J connectivity index is 1.71. The molecule has 0 saturated carbocycles. The minimum absolute atomic E-state index is 0.0417. The largest absolute Gasteiger partial charge is 0.493 e. The molecule has 1 amide bonds. The number of amides is 1. The maximum absolute atomic E-state index is 13.1. The van der Waals surface area contributed by atoms with Crippen molar-refractivity contribution < 1.29 is 19.0 Å². The first-order chi connectivity index (χ1) is 15.4. The number of hydrogen-bond donors (Lipinski definition) is 0. The van der Waals surface area contributed by atoms with Crippen LogP contribution in [0.1, 0.15) is 34.9 Å². The lowest BCUT2D eigenvalue weighted by Gasteiger charge is -2.24. The fourth-order valence-electron chi connectivity index (χ4n) is 3.21. The van der Waals surface area contributed by atoms with E-state index in [1.807, 2.05) is 28.5 Å². The van der Waals surface area contributed by atoms with Crippen LogP contribution in [0.5, 0.6) is 17.2 Å². The zero-order valence-corrected chi connectivity index (χ0v) is 20.2.